The molecule has 0 saturated heterocycles. The minimum absolute atomic E-state index is 0.332. The first-order valence-electron chi connectivity index (χ1n) is 6.92. The zero-order valence-corrected chi connectivity index (χ0v) is 11.3. The summed E-state index contributed by atoms with van der Waals surface area (Å²) in [5.41, 5.74) is 3.54. The Labute approximate surface area is 109 Å². The molecule has 0 aromatic heterocycles. The quantitative estimate of drug-likeness (QED) is 0.646. The third-order valence-electron chi connectivity index (χ3n) is 4.84. The van der Waals surface area contributed by atoms with Gasteiger partial charge in [0.05, 0.1) is 0 Å². The lowest BCUT2D eigenvalue weighted by Gasteiger charge is -2.34. The first kappa shape index (κ1) is 11.6. The van der Waals surface area contributed by atoms with E-state index >= 15 is 0 Å². The maximum Gasteiger partial charge on any atom is 0.0344 e. The Morgan fingerprint density at radius 3 is 2.53 bits per heavy atom. The second-order valence-corrected chi connectivity index (χ2v) is 6.73. The van der Waals surface area contributed by atoms with E-state index in [1.165, 1.54) is 32.1 Å². The van der Waals surface area contributed by atoms with Gasteiger partial charge < -0.3 is 0 Å². The van der Waals surface area contributed by atoms with Crippen LogP contribution in [0.3, 0.4) is 0 Å². The van der Waals surface area contributed by atoms with Gasteiger partial charge >= 0.3 is 0 Å². The molecule has 1 aromatic rings. The number of benzene rings is 1. The molecule has 2 saturated carbocycles. The lowest BCUT2D eigenvalue weighted by Crippen LogP contribution is -2.23. The molecule has 1 aromatic carbocycles. The first-order valence-corrected chi connectivity index (χ1v) is 7.36. The largest absolute Gasteiger partial charge is 0.123 e. The summed E-state index contributed by atoms with van der Waals surface area (Å²) in [7, 11) is 0. The topological polar surface area (TPSA) is 0 Å². The van der Waals surface area contributed by atoms with Gasteiger partial charge in [0.1, 0.15) is 0 Å². The fourth-order valence-electron chi connectivity index (χ4n) is 3.53. The van der Waals surface area contributed by atoms with Gasteiger partial charge in [-0.1, -0.05) is 37.6 Å². The second kappa shape index (κ2) is 4.31. The molecule has 2 atom stereocenters. The van der Waals surface area contributed by atoms with E-state index in [1.807, 2.05) is 0 Å². The van der Waals surface area contributed by atoms with Crippen molar-refractivity contribution in [2.45, 2.75) is 62.2 Å². The second-order valence-electron chi connectivity index (χ2n) is 6.12. The van der Waals surface area contributed by atoms with Crippen molar-refractivity contribution in [2.75, 3.05) is 0 Å². The van der Waals surface area contributed by atoms with Crippen LogP contribution in [0.2, 0.25) is 0 Å². The molecule has 92 valence electrons. The van der Waals surface area contributed by atoms with Crippen molar-refractivity contribution in [1.82, 2.24) is 0 Å². The smallest absolute Gasteiger partial charge is 0.0344 e. The summed E-state index contributed by atoms with van der Waals surface area (Å²) < 4.78 is 0. The average Bonchev–Trinajstić information content (AvgIpc) is 2.58. The molecular formula is C16H21Cl. The van der Waals surface area contributed by atoms with Crippen LogP contribution in [0.1, 0.15) is 62.5 Å². The van der Waals surface area contributed by atoms with Crippen LogP contribution in [0.5, 0.6) is 0 Å². The molecule has 0 radical (unpaired) electrons. The monoisotopic (exact) mass is 248 g/mol. The van der Waals surface area contributed by atoms with Gasteiger partial charge in [-0.25, -0.2) is 0 Å². The molecule has 1 heteroatoms. The van der Waals surface area contributed by atoms with Crippen molar-refractivity contribution in [2.24, 2.45) is 0 Å². The van der Waals surface area contributed by atoms with Gasteiger partial charge in [-0.3, -0.25) is 0 Å². The highest BCUT2D eigenvalue weighted by molar-refractivity contribution is 6.20. The Balaban J connectivity index is 1.96. The zero-order chi connectivity index (χ0) is 11.9. The average molecular weight is 249 g/mol. The van der Waals surface area contributed by atoms with Crippen LogP contribution in [-0.4, -0.2) is 5.38 Å². The fraction of sp³-hybridized carbons (Fsp3) is 0.625. The Morgan fingerprint density at radius 2 is 1.94 bits per heavy atom. The molecule has 0 bridgehead atoms. The highest BCUT2D eigenvalue weighted by atomic mass is 35.5. The summed E-state index contributed by atoms with van der Waals surface area (Å²) >= 11 is 6.33. The standard InChI is InChI=1S/C16H21Cl/c1-16(10-9-13(17)11-16)15-8-3-2-7-14(15)12-5-4-6-12/h2-3,7-8,12-13H,4-6,9-11H2,1H3. The molecule has 0 nitrogen and oxygen atoms in total. The minimum atomic E-state index is 0.332. The summed E-state index contributed by atoms with van der Waals surface area (Å²) in [6.45, 7) is 2.41. The van der Waals surface area contributed by atoms with Crippen LogP contribution in [0.15, 0.2) is 24.3 Å². The van der Waals surface area contributed by atoms with Crippen molar-refractivity contribution in [1.29, 1.82) is 0 Å². The number of alkyl halides is 1. The number of halogens is 1. The van der Waals surface area contributed by atoms with E-state index in [-0.39, 0.29) is 0 Å². The first-order chi connectivity index (χ1) is 8.19. The third-order valence-corrected chi connectivity index (χ3v) is 5.21. The van der Waals surface area contributed by atoms with Gasteiger partial charge in [-0.05, 0) is 54.6 Å². The van der Waals surface area contributed by atoms with E-state index in [0.29, 0.717) is 10.8 Å². The van der Waals surface area contributed by atoms with Crippen LogP contribution >= 0.6 is 11.6 Å². The summed E-state index contributed by atoms with van der Waals surface area (Å²) in [6, 6.07) is 9.10. The van der Waals surface area contributed by atoms with E-state index in [9.17, 15) is 0 Å². The summed E-state index contributed by atoms with van der Waals surface area (Å²) in [5.74, 6) is 0.831. The zero-order valence-electron chi connectivity index (χ0n) is 10.6. The number of rotatable bonds is 2. The fourth-order valence-corrected chi connectivity index (χ4v) is 3.98. The van der Waals surface area contributed by atoms with E-state index in [1.54, 1.807) is 11.1 Å². The highest BCUT2D eigenvalue weighted by Crippen LogP contribution is 2.48. The van der Waals surface area contributed by atoms with Crippen LogP contribution in [0.25, 0.3) is 0 Å². The predicted molar refractivity (Wildman–Crippen MR) is 73.9 cm³/mol. The molecule has 2 aliphatic rings. The molecule has 2 aliphatic carbocycles. The minimum Gasteiger partial charge on any atom is -0.123 e. The lowest BCUT2D eigenvalue weighted by molar-refractivity contribution is 0.402. The van der Waals surface area contributed by atoms with E-state index in [4.69, 9.17) is 11.6 Å². The molecule has 0 spiro atoms. The summed E-state index contributed by atoms with van der Waals surface area (Å²) in [4.78, 5) is 0. The maximum absolute atomic E-state index is 6.33. The van der Waals surface area contributed by atoms with Gasteiger partial charge in [0.25, 0.3) is 0 Å². The van der Waals surface area contributed by atoms with E-state index < -0.39 is 0 Å². The maximum atomic E-state index is 6.33. The molecular weight excluding hydrogens is 228 g/mol. The van der Waals surface area contributed by atoms with E-state index in [2.05, 4.69) is 31.2 Å². The number of hydrogen-bond donors (Lipinski definition) is 0. The molecule has 2 fully saturated rings. The molecule has 0 amide bonds. The van der Waals surface area contributed by atoms with Crippen molar-refractivity contribution in [3.63, 3.8) is 0 Å². The van der Waals surface area contributed by atoms with Crippen molar-refractivity contribution >= 4 is 11.6 Å². The third kappa shape index (κ3) is 2.01. The Kier molecular flexibility index (Phi) is 2.94. The van der Waals surface area contributed by atoms with Crippen LogP contribution in [-0.2, 0) is 5.41 Å². The number of hydrogen-bond acceptors (Lipinski definition) is 0. The van der Waals surface area contributed by atoms with Gasteiger partial charge in [0.2, 0.25) is 0 Å². The highest BCUT2D eigenvalue weighted by Gasteiger charge is 2.38. The van der Waals surface area contributed by atoms with E-state index in [0.717, 1.165) is 12.3 Å². The van der Waals surface area contributed by atoms with Crippen molar-refractivity contribution in [3.05, 3.63) is 35.4 Å². The molecule has 0 aliphatic heterocycles. The predicted octanol–water partition coefficient (Wildman–Crippen LogP) is 5.00. The normalized spacial score (nSPS) is 33.6. The van der Waals surface area contributed by atoms with Crippen molar-refractivity contribution in [3.8, 4) is 0 Å². The lowest BCUT2D eigenvalue weighted by atomic mass is 9.71. The van der Waals surface area contributed by atoms with Crippen molar-refractivity contribution < 1.29 is 0 Å². The Morgan fingerprint density at radius 1 is 1.18 bits per heavy atom. The summed E-state index contributed by atoms with van der Waals surface area (Å²) in [6.07, 6.45) is 7.77. The Hall–Kier alpha value is -0.490. The molecule has 0 N–H and O–H groups in total. The van der Waals surface area contributed by atoms with Crippen LogP contribution < -0.4 is 0 Å². The van der Waals surface area contributed by atoms with Gasteiger partial charge in [-0.2, -0.15) is 0 Å². The Bertz CT molecular complexity index is 408. The molecule has 0 heterocycles. The molecule has 2 unspecified atom stereocenters. The van der Waals surface area contributed by atoms with Gasteiger partial charge in [0, 0.05) is 5.38 Å². The van der Waals surface area contributed by atoms with Gasteiger partial charge in [0.15, 0.2) is 0 Å². The van der Waals surface area contributed by atoms with Crippen LogP contribution in [0.4, 0.5) is 0 Å². The molecule has 3 rings (SSSR count). The SMILES string of the molecule is CC1(c2ccccc2C2CCC2)CCC(Cl)C1. The van der Waals surface area contributed by atoms with Crippen LogP contribution in [0, 0.1) is 0 Å². The molecule has 17 heavy (non-hydrogen) atoms. The van der Waals surface area contributed by atoms with Gasteiger partial charge in [-0.15, -0.1) is 11.6 Å². The summed E-state index contributed by atoms with van der Waals surface area (Å²) in [5, 5.41) is 0.384.